The molecule has 25 heavy (non-hydrogen) atoms. The van der Waals surface area contributed by atoms with E-state index in [1.165, 1.54) is 5.56 Å². The van der Waals surface area contributed by atoms with Crippen LogP contribution >= 0.6 is 0 Å². The number of hydrogen-bond acceptors (Lipinski definition) is 5. The monoisotopic (exact) mass is 340 g/mol. The second-order valence-electron chi connectivity index (χ2n) is 6.46. The van der Waals surface area contributed by atoms with Crippen molar-refractivity contribution in [2.45, 2.75) is 26.3 Å². The fourth-order valence-electron chi connectivity index (χ4n) is 3.00. The Morgan fingerprint density at radius 3 is 2.76 bits per heavy atom. The Balaban J connectivity index is 1.52. The number of rotatable bonds is 6. The van der Waals surface area contributed by atoms with Crippen molar-refractivity contribution in [3.63, 3.8) is 0 Å². The van der Waals surface area contributed by atoms with Gasteiger partial charge in [0.1, 0.15) is 0 Å². The van der Waals surface area contributed by atoms with E-state index in [9.17, 15) is 4.79 Å². The number of carbonyl (C=O) groups is 1. The SMILES string of the molecule is C=CCNC(=O)C1CCN(Cc2nc(-c3ccc(C)cc3)no2)CC1. The molecule has 1 fully saturated rings. The van der Waals surface area contributed by atoms with Crippen LogP contribution in [-0.2, 0) is 11.3 Å². The zero-order valence-electron chi connectivity index (χ0n) is 14.6. The van der Waals surface area contributed by atoms with Crippen molar-refractivity contribution in [2.75, 3.05) is 19.6 Å². The summed E-state index contributed by atoms with van der Waals surface area (Å²) in [4.78, 5) is 18.7. The molecule has 6 nitrogen and oxygen atoms in total. The van der Waals surface area contributed by atoms with Crippen molar-refractivity contribution < 1.29 is 9.32 Å². The summed E-state index contributed by atoms with van der Waals surface area (Å²) in [5.41, 5.74) is 2.16. The average molecular weight is 340 g/mol. The third-order valence-electron chi connectivity index (χ3n) is 4.52. The van der Waals surface area contributed by atoms with Gasteiger partial charge in [-0.1, -0.05) is 41.1 Å². The number of nitrogens with zero attached hydrogens (tertiary/aromatic N) is 3. The normalized spacial score (nSPS) is 15.9. The highest BCUT2D eigenvalue weighted by atomic mass is 16.5. The van der Waals surface area contributed by atoms with Crippen LogP contribution in [0.2, 0.25) is 0 Å². The van der Waals surface area contributed by atoms with Gasteiger partial charge in [0, 0.05) is 18.0 Å². The Bertz CT molecular complexity index is 715. The maximum atomic E-state index is 12.0. The highest BCUT2D eigenvalue weighted by Gasteiger charge is 2.25. The number of aromatic nitrogens is 2. The molecule has 2 heterocycles. The van der Waals surface area contributed by atoms with Crippen LogP contribution in [0.5, 0.6) is 0 Å². The van der Waals surface area contributed by atoms with Crippen molar-refractivity contribution in [1.82, 2.24) is 20.4 Å². The molecular formula is C19H24N4O2. The number of amides is 1. The molecule has 132 valence electrons. The number of piperidine rings is 1. The van der Waals surface area contributed by atoms with Gasteiger partial charge in [0.05, 0.1) is 6.54 Å². The topological polar surface area (TPSA) is 71.3 Å². The summed E-state index contributed by atoms with van der Waals surface area (Å²) in [6.45, 7) is 8.53. The Morgan fingerprint density at radius 2 is 2.08 bits per heavy atom. The van der Waals surface area contributed by atoms with E-state index in [1.807, 2.05) is 31.2 Å². The molecule has 6 heteroatoms. The van der Waals surface area contributed by atoms with Gasteiger partial charge in [-0.3, -0.25) is 9.69 Å². The van der Waals surface area contributed by atoms with Gasteiger partial charge < -0.3 is 9.84 Å². The van der Waals surface area contributed by atoms with Crippen LogP contribution in [0.25, 0.3) is 11.4 Å². The predicted molar refractivity (Wildman–Crippen MR) is 95.7 cm³/mol. The second kappa shape index (κ2) is 8.07. The van der Waals surface area contributed by atoms with Crippen molar-refractivity contribution in [3.05, 3.63) is 48.4 Å². The quantitative estimate of drug-likeness (QED) is 0.818. The van der Waals surface area contributed by atoms with Gasteiger partial charge in [-0.15, -0.1) is 6.58 Å². The van der Waals surface area contributed by atoms with E-state index in [2.05, 4.69) is 26.9 Å². The lowest BCUT2D eigenvalue weighted by atomic mass is 9.96. The summed E-state index contributed by atoms with van der Waals surface area (Å²) in [6.07, 6.45) is 3.40. The molecule has 1 aliphatic heterocycles. The minimum Gasteiger partial charge on any atom is -0.352 e. The summed E-state index contributed by atoms with van der Waals surface area (Å²) in [5.74, 6) is 1.44. The highest BCUT2D eigenvalue weighted by molar-refractivity contribution is 5.78. The lowest BCUT2D eigenvalue weighted by molar-refractivity contribution is -0.126. The maximum Gasteiger partial charge on any atom is 0.241 e. The van der Waals surface area contributed by atoms with Gasteiger partial charge >= 0.3 is 0 Å². The van der Waals surface area contributed by atoms with Crippen LogP contribution in [0.1, 0.15) is 24.3 Å². The lowest BCUT2D eigenvalue weighted by Crippen LogP contribution is -2.40. The molecule has 1 amide bonds. The average Bonchev–Trinajstić information content (AvgIpc) is 3.09. The molecule has 1 aliphatic rings. The number of nitrogens with one attached hydrogen (secondary N) is 1. The first-order valence-electron chi connectivity index (χ1n) is 8.66. The Morgan fingerprint density at radius 1 is 1.36 bits per heavy atom. The number of hydrogen-bond donors (Lipinski definition) is 1. The van der Waals surface area contributed by atoms with E-state index < -0.39 is 0 Å². The van der Waals surface area contributed by atoms with Crippen LogP contribution < -0.4 is 5.32 Å². The number of benzene rings is 1. The van der Waals surface area contributed by atoms with E-state index >= 15 is 0 Å². The number of aryl methyl sites for hydroxylation is 1. The molecule has 0 atom stereocenters. The first-order chi connectivity index (χ1) is 12.2. The zero-order valence-corrected chi connectivity index (χ0v) is 14.6. The van der Waals surface area contributed by atoms with E-state index in [0.29, 0.717) is 24.8 Å². The summed E-state index contributed by atoms with van der Waals surface area (Å²) in [5, 5.41) is 6.95. The van der Waals surface area contributed by atoms with Crippen LogP contribution in [0.3, 0.4) is 0 Å². The summed E-state index contributed by atoms with van der Waals surface area (Å²) in [7, 11) is 0. The van der Waals surface area contributed by atoms with Gasteiger partial charge in [0.15, 0.2) is 0 Å². The molecule has 0 radical (unpaired) electrons. The molecule has 0 spiro atoms. The zero-order chi connectivity index (χ0) is 17.6. The maximum absolute atomic E-state index is 12.0. The van der Waals surface area contributed by atoms with Crippen molar-refractivity contribution in [3.8, 4) is 11.4 Å². The fourth-order valence-corrected chi connectivity index (χ4v) is 3.00. The minimum absolute atomic E-state index is 0.0852. The molecule has 2 aromatic rings. The van der Waals surface area contributed by atoms with E-state index in [1.54, 1.807) is 6.08 Å². The minimum atomic E-state index is 0.0852. The van der Waals surface area contributed by atoms with E-state index in [-0.39, 0.29) is 11.8 Å². The molecule has 1 aromatic carbocycles. The summed E-state index contributed by atoms with van der Waals surface area (Å²) < 4.78 is 5.39. The first-order valence-corrected chi connectivity index (χ1v) is 8.66. The fraction of sp³-hybridized carbons (Fsp3) is 0.421. The van der Waals surface area contributed by atoms with Gasteiger partial charge in [0.25, 0.3) is 0 Å². The molecule has 1 aromatic heterocycles. The Kier molecular flexibility index (Phi) is 5.60. The van der Waals surface area contributed by atoms with E-state index in [4.69, 9.17) is 4.52 Å². The Labute approximate surface area is 147 Å². The molecule has 0 saturated carbocycles. The number of likely N-dealkylation sites (tertiary alicyclic amines) is 1. The van der Waals surface area contributed by atoms with Crippen molar-refractivity contribution in [1.29, 1.82) is 0 Å². The number of carbonyl (C=O) groups excluding carboxylic acids is 1. The molecule has 0 bridgehead atoms. The Hall–Kier alpha value is -2.47. The molecule has 1 N–H and O–H groups in total. The van der Waals surface area contributed by atoms with Gasteiger partial charge in [-0.25, -0.2) is 0 Å². The largest absolute Gasteiger partial charge is 0.352 e. The lowest BCUT2D eigenvalue weighted by Gasteiger charge is -2.30. The van der Waals surface area contributed by atoms with Gasteiger partial charge in [-0.2, -0.15) is 4.98 Å². The molecule has 0 unspecified atom stereocenters. The molecule has 1 saturated heterocycles. The summed E-state index contributed by atoms with van der Waals surface area (Å²) >= 11 is 0. The second-order valence-corrected chi connectivity index (χ2v) is 6.46. The third kappa shape index (κ3) is 4.54. The highest BCUT2D eigenvalue weighted by Crippen LogP contribution is 2.20. The standard InChI is InChI=1S/C19H24N4O2/c1-3-10-20-19(24)16-8-11-23(12-9-16)13-17-21-18(22-25-17)15-6-4-14(2)5-7-15/h3-7,16H,1,8-13H2,2H3,(H,20,24). The smallest absolute Gasteiger partial charge is 0.241 e. The van der Waals surface area contributed by atoms with Crippen molar-refractivity contribution in [2.24, 2.45) is 5.92 Å². The van der Waals surface area contributed by atoms with Crippen LogP contribution in [0, 0.1) is 12.8 Å². The van der Waals surface area contributed by atoms with Crippen LogP contribution in [-0.4, -0.2) is 40.6 Å². The van der Waals surface area contributed by atoms with Crippen LogP contribution in [0.15, 0.2) is 41.4 Å². The molecule has 3 rings (SSSR count). The first kappa shape index (κ1) is 17.4. The molecular weight excluding hydrogens is 316 g/mol. The third-order valence-corrected chi connectivity index (χ3v) is 4.52. The van der Waals surface area contributed by atoms with Crippen LogP contribution in [0.4, 0.5) is 0 Å². The predicted octanol–water partition coefficient (Wildman–Crippen LogP) is 2.56. The summed E-state index contributed by atoms with van der Waals surface area (Å²) in [6, 6.07) is 8.07. The van der Waals surface area contributed by atoms with Gasteiger partial charge in [0.2, 0.25) is 17.6 Å². The van der Waals surface area contributed by atoms with E-state index in [0.717, 1.165) is 31.5 Å². The molecule has 0 aliphatic carbocycles. The van der Waals surface area contributed by atoms with Gasteiger partial charge in [-0.05, 0) is 32.9 Å². The van der Waals surface area contributed by atoms with Crippen molar-refractivity contribution >= 4 is 5.91 Å².